The third kappa shape index (κ3) is 1.43. The van der Waals surface area contributed by atoms with Crippen LogP contribution in [0.15, 0.2) is 46.6 Å². The van der Waals surface area contributed by atoms with Crippen molar-refractivity contribution in [3.8, 4) is 0 Å². The lowest BCUT2D eigenvalue weighted by atomic mass is 9.96. The molecule has 76 valence electrons. The molecule has 1 fully saturated rings. The SMILES string of the molecule is O=C1C/C=C\C=C2\C=C3CCCC3=C2C1. The lowest BCUT2D eigenvalue weighted by Gasteiger charge is -2.08. The number of rotatable bonds is 0. The molecule has 3 rings (SSSR count). The molecule has 0 atom stereocenters. The molecule has 0 radical (unpaired) electrons. The van der Waals surface area contributed by atoms with E-state index in [0.29, 0.717) is 18.6 Å². The van der Waals surface area contributed by atoms with E-state index in [1.165, 1.54) is 41.6 Å². The maximum Gasteiger partial charge on any atom is 0.141 e. The minimum Gasteiger partial charge on any atom is -0.299 e. The summed E-state index contributed by atoms with van der Waals surface area (Å²) in [5.74, 6) is 0.348. The monoisotopic (exact) mass is 198 g/mol. The molecule has 15 heavy (non-hydrogen) atoms. The Hall–Kier alpha value is -1.37. The van der Waals surface area contributed by atoms with Gasteiger partial charge in [0.1, 0.15) is 5.78 Å². The molecule has 0 aromatic heterocycles. The number of fused-ring (bicyclic) bond motifs is 2. The summed E-state index contributed by atoms with van der Waals surface area (Å²) >= 11 is 0. The second kappa shape index (κ2) is 3.34. The van der Waals surface area contributed by atoms with Crippen LogP contribution in [0.25, 0.3) is 0 Å². The molecule has 0 aromatic carbocycles. The molecule has 3 aliphatic carbocycles. The Kier molecular flexibility index (Phi) is 1.98. The largest absolute Gasteiger partial charge is 0.299 e. The Morgan fingerprint density at radius 2 is 2.07 bits per heavy atom. The first-order valence-corrected chi connectivity index (χ1v) is 5.66. The van der Waals surface area contributed by atoms with E-state index >= 15 is 0 Å². The summed E-state index contributed by atoms with van der Waals surface area (Å²) in [5, 5.41) is 0. The maximum absolute atomic E-state index is 11.6. The first-order chi connectivity index (χ1) is 7.34. The second-order valence-corrected chi connectivity index (χ2v) is 4.45. The van der Waals surface area contributed by atoms with Crippen molar-refractivity contribution in [3.05, 3.63) is 46.6 Å². The van der Waals surface area contributed by atoms with Crippen molar-refractivity contribution >= 4 is 5.78 Å². The van der Waals surface area contributed by atoms with Crippen LogP contribution in [0.2, 0.25) is 0 Å². The van der Waals surface area contributed by atoms with Gasteiger partial charge in [0.05, 0.1) is 0 Å². The van der Waals surface area contributed by atoms with Gasteiger partial charge in [0.2, 0.25) is 0 Å². The lowest BCUT2D eigenvalue weighted by molar-refractivity contribution is -0.117. The highest BCUT2D eigenvalue weighted by Crippen LogP contribution is 2.43. The van der Waals surface area contributed by atoms with E-state index in [0.717, 1.165) is 0 Å². The van der Waals surface area contributed by atoms with Crippen LogP contribution in [0.4, 0.5) is 0 Å². The fourth-order valence-electron chi connectivity index (χ4n) is 2.72. The second-order valence-electron chi connectivity index (χ2n) is 4.45. The Labute approximate surface area is 89.9 Å². The molecule has 0 aromatic rings. The van der Waals surface area contributed by atoms with Gasteiger partial charge < -0.3 is 0 Å². The Balaban J connectivity index is 2.09. The molecule has 0 aliphatic heterocycles. The van der Waals surface area contributed by atoms with Crippen LogP contribution in [0, 0.1) is 0 Å². The van der Waals surface area contributed by atoms with E-state index < -0.39 is 0 Å². The number of ketones is 1. The number of hydrogen-bond acceptors (Lipinski definition) is 1. The minimum atomic E-state index is 0.348. The van der Waals surface area contributed by atoms with Crippen LogP contribution in [0.5, 0.6) is 0 Å². The Morgan fingerprint density at radius 1 is 1.13 bits per heavy atom. The summed E-state index contributed by atoms with van der Waals surface area (Å²) in [7, 11) is 0. The molecule has 1 heteroatoms. The van der Waals surface area contributed by atoms with E-state index in [9.17, 15) is 4.79 Å². The summed E-state index contributed by atoms with van der Waals surface area (Å²) in [6.45, 7) is 0. The minimum absolute atomic E-state index is 0.348. The zero-order valence-corrected chi connectivity index (χ0v) is 8.75. The van der Waals surface area contributed by atoms with Crippen LogP contribution >= 0.6 is 0 Å². The van der Waals surface area contributed by atoms with Gasteiger partial charge in [-0.05, 0) is 41.6 Å². The molecular weight excluding hydrogens is 184 g/mol. The zero-order chi connectivity index (χ0) is 10.3. The quantitative estimate of drug-likeness (QED) is 0.584. The molecule has 0 saturated heterocycles. The zero-order valence-electron chi connectivity index (χ0n) is 8.75. The number of Topliss-reactive ketones (excluding diaryl/α,β-unsaturated/α-hetero) is 1. The molecule has 0 unspecified atom stereocenters. The first-order valence-electron chi connectivity index (χ1n) is 5.66. The van der Waals surface area contributed by atoms with E-state index in [-0.39, 0.29) is 0 Å². The van der Waals surface area contributed by atoms with E-state index in [1.807, 2.05) is 12.2 Å². The Bertz CT molecular complexity index is 444. The number of hydrogen-bond donors (Lipinski definition) is 0. The molecule has 0 spiro atoms. The smallest absolute Gasteiger partial charge is 0.141 e. The van der Waals surface area contributed by atoms with Crippen LogP contribution < -0.4 is 0 Å². The fraction of sp³-hybridized carbons (Fsp3) is 0.357. The van der Waals surface area contributed by atoms with Crippen molar-refractivity contribution in [2.75, 3.05) is 0 Å². The van der Waals surface area contributed by atoms with Gasteiger partial charge in [-0.15, -0.1) is 0 Å². The molecule has 3 aliphatic rings. The Morgan fingerprint density at radius 3 is 3.00 bits per heavy atom. The summed E-state index contributed by atoms with van der Waals surface area (Å²) in [6, 6.07) is 0. The number of carbonyl (C=O) groups is 1. The summed E-state index contributed by atoms with van der Waals surface area (Å²) in [5.41, 5.74) is 5.56. The number of allylic oxidation sites excluding steroid dienone is 8. The van der Waals surface area contributed by atoms with E-state index in [1.54, 1.807) is 0 Å². The lowest BCUT2D eigenvalue weighted by Crippen LogP contribution is -2.01. The number of carbonyl (C=O) groups excluding carboxylic acids is 1. The van der Waals surface area contributed by atoms with Gasteiger partial charge in [-0.2, -0.15) is 0 Å². The molecule has 0 heterocycles. The third-order valence-electron chi connectivity index (χ3n) is 3.43. The normalized spacial score (nSPS) is 30.0. The predicted octanol–water partition coefficient (Wildman–Crippen LogP) is 3.25. The predicted molar refractivity (Wildman–Crippen MR) is 60.4 cm³/mol. The van der Waals surface area contributed by atoms with Crippen molar-refractivity contribution in [2.45, 2.75) is 32.1 Å². The molecule has 1 nitrogen and oxygen atoms in total. The first kappa shape index (κ1) is 8.90. The molecular formula is C14H14O. The van der Waals surface area contributed by atoms with Crippen molar-refractivity contribution in [3.63, 3.8) is 0 Å². The average Bonchev–Trinajstić information content (AvgIpc) is 2.73. The molecule has 1 saturated carbocycles. The van der Waals surface area contributed by atoms with Crippen molar-refractivity contribution in [2.24, 2.45) is 0 Å². The highest BCUT2D eigenvalue weighted by molar-refractivity contribution is 5.85. The van der Waals surface area contributed by atoms with Gasteiger partial charge in [-0.1, -0.05) is 24.3 Å². The van der Waals surface area contributed by atoms with Crippen LogP contribution in [-0.4, -0.2) is 5.78 Å². The van der Waals surface area contributed by atoms with Gasteiger partial charge in [-0.25, -0.2) is 0 Å². The summed E-state index contributed by atoms with van der Waals surface area (Å²) < 4.78 is 0. The molecule has 0 amide bonds. The highest BCUT2D eigenvalue weighted by atomic mass is 16.1. The van der Waals surface area contributed by atoms with Gasteiger partial charge in [-0.3, -0.25) is 4.79 Å². The standard InChI is InChI=1S/C14H14O/c15-12-6-2-1-4-11-8-10-5-3-7-13(10)14(11)9-12/h1-2,4,8H,3,5-7,9H2/b2-1-,11-4-. The summed E-state index contributed by atoms with van der Waals surface area (Å²) in [4.78, 5) is 11.6. The van der Waals surface area contributed by atoms with E-state index in [2.05, 4.69) is 12.2 Å². The topological polar surface area (TPSA) is 17.1 Å². The van der Waals surface area contributed by atoms with Crippen molar-refractivity contribution in [1.29, 1.82) is 0 Å². The van der Waals surface area contributed by atoms with Crippen LogP contribution in [0.1, 0.15) is 32.1 Å². The van der Waals surface area contributed by atoms with E-state index in [4.69, 9.17) is 0 Å². The van der Waals surface area contributed by atoms with Gasteiger partial charge >= 0.3 is 0 Å². The molecule has 0 N–H and O–H groups in total. The third-order valence-corrected chi connectivity index (χ3v) is 3.43. The summed E-state index contributed by atoms with van der Waals surface area (Å²) in [6.07, 6.45) is 13.3. The van der Waals surface area contributed by atoms with Gasteiger partial charge in [0, 0.05) is 12.8 Å². The van der Waals surface area contributed by atoms with Crippen molar-refractivity contribution < 1.29 is 4.79 Å². The van der Waals surface area contributed by atoms with Crippen LogP contribution in [-0.2, 0) is 4.79 Å². The van der Waals surface area contributed by atoms with Crippen LogP contribution in [0.3, 0.4) is 0 Å². The van der Waals surface area contributed by atoms with Gasteiger partial charge in [0.25, 0.3) is 0 Å². The molecule has 0 bridgehead atoms. The highest BCUT2D eigenvalue weighted by Gasteiger charge is 2.26. The van der Waals surface area contributed by atoms with Crippen molar-refractivity contribution in [1.82, 2.24) is 0 Å². The maximum atomic E-state index is 11.6. The average molecular weight is 198 g/mol. The fourth-order valence-corrected chi connectivity index (χ4v) is 2.72. The van der Waals surface area contributed by atoms with Gasteiger partial charge in [0.15, 0.2) is 0 Å².